The molecule has 0 spiro atoms. The quantitative estimate of drug-likeness (QED) is 0.442. The van der Waals surface area contributed by atoms with Gasteiger partial charge >= 0.3 is 0 Å². The molecule has 0 fully saturated rings. The van der Waals surface area contributed by atoms with E-state index in [1.54, 1.807) is 12.1 Å². The molecule has 98 valence electrons. The van der Waals surface area contributed by atoms with Crippen LogP contribution < -0.4 is 4.90 Å². The number of rotatable bonds is 6. The topological polar surface area (TPSA) is 63.5 Å². The largest absolute Gasteiger partial charge is 0.366 e. The third-order valence-corrected chi connectivity index (χ3v) is 2.64. The van der Waals surface area contributed by atoms with Crippen molar-refractivity contribution in [3.05, 3.63) is 33.9 Å². The first-order valence-corrected chi connectivity index (χ1v) is 5.98. The highest BCUT2D eigenvalue weighted by molar-refractivity contribution is 5.79. The number of nitrogens with zero attached hydrogens (tertiary/aromatic N) is 2. The average Bonchev–Trinajstić information content (AvgIpc) is 2.34. The summed E-state index contributed by atoms with van der Waals surface area (Å²) in [4.78, 5) is 23.2. The van der Waals surface area contributed by atoms with E-state index in [0.717, 1.165) is 6.54 Å². The molecule has 0 aliphatic heterocycles. The summed E-state index contributed by atoms with van der Waals surface area (Å²) in [5.74, 6) is 0.412. The molecule has 18 heavy (non-hydrogen) atoms. The van der Waals surface area contributed by atoms with Gasteiger partial charge in [-0.15, -0.1) is 0 Å². The van der Waals surface area contributed by atoms with Crippen LogP contribution in [0.2, 0.25) is 0 Å². The number of carbonyl (C=O) groups is 1. The van der Waals surface area contributed by atoms with Crippen molar-refractivity contribution in [2.75, 3.05) is 18.0 Å². The third-order valence-electron chi connectivity index (χ3n) is 2.64. The van der Waals surface area contributed by atoms with E-state index in [-0.39, 0.29) is 5.69 Å². The average molecular weight is 250 g/mol. The Balaban J connectivity index is 3.20. The fraction of sp³-hybridized carbons (Fsp3) is 0.462. The molecule has 0 amide bonds. The van der Waals surface area contributed by atoms with Gasteiger partial charge in [0.1, 0.15) is 12.0 Å². The number of hydrogen-bond donors (Lipinski definition) is 0. The van der Waals surface area contributed by atoms with E-state index in [1.165, 1.54) is 6.07 Å². The maximum absolute atomic E-state index is 11.1. The molecule has 0 unspecified atom stereocenters. The van der Waals surface area contributed by atoms with Gasteiger partial charge in [0.2, 0.25) is 0 Å². The minimum atomic E-state index is -0.439. The van der Waals surface area contributed by atoms with E-state index in [1.807, 2.05) is 11.8 Å². The first kappa shape index (κ1) is 14.2. The first-order valence-electron chi connectivity index (χ1n) is 5.98. The van der Waals surface area contributed by atoms with Crippen molar-refractivity contribution in [2.45, 2.75) is 20.8 Å². The van der Waals surface area contributed by atoms with Crippen LogP contribution in [0.25, 0.3) is 0 Å². The molecule has 1 aromatic rings. The predicted molar refractivity (Wildman–Crippen MR) is 71.2 cm³/mol. The second kappa shape index (κ2) is 6.14. The molecule has 0 aliphatic rings. The maximum Gasteiger partial charge on any atom is 0.293 e. The zero-order valence-electron chi connectivity index (χ0n) is 10.9. The Morgan fingerprint density at radius 2 is 2.11 bits per heavy atom. The second-order valence-electron chi connectivity index (χ2n) is 4.56. The monoisotopic (exact) mass is 250 g/mol. The van der Waals surface area contributed by atoms with Crippen LogP contribution in [0.3, 0.4) is 0 Å². The number of benzene rings is 1. The first-order chi connectivity index (χ1) is 8.49. The third kappa shape index (κ3) is 3.29. The highest BCUT2D eigenvalue weighted by Gasteiger charge is 2.19. The van der Waals surface area contributed by atoms with Crippen LogP contribution in [0.1, 0.15) is 31.1 Å². The van der Waals surface area contributed by atoms with Crippen LogP contribution in [0.4, 0.5) is 11.4 Å². The summed E-state index contributed by atoms with van der Waals surface area (Å²) in [7, 11) is 0. The van der Waals surface area contributed by atoms with Gasteiger partial charge in [-0.3, -0.25) is 14.9 Å². The fourth-order valence-corrected chi connectivity index (χ4v) is 1.87. The zero-order chi connectivity index (χ0) is 13.7. The van der Waals surface area contributed by atoms with Crippen molar-refractivity contribution in [1.82, 2.24) is 0 Å². The number of carbonyl (C=O) groups excluding carboxylic acids is 1. The Kier molecular flexibility index (Phi) is 4.83. The Hall–Kier alpha value is -1.91. The minimum Gasteiger partial charge on any atom is -0.366 e. The van der Waals surface area contributed by atoms with Crippen molar-refractivity contribution >= 4 is 17.7 Å². The Morgan fingerprint density at radius 3 is 2.56 bits per heavy atom. The molecule has 5 heteroatoms. The Morgan fingerprint density at radius 1 is 1.44 bits per heavy atom. The number of nitro benzene ring substituents is 1. The summed E-state index contributed by atoms with van der Waals surface area (Å²) < 4.78 is 0. The molecule has 0 saturated heterocycles. The van der Waals surface area contributed by atoms with Gasteiger partial charge in [0.05, 0.1) is 4.92 Å². The molecule has 0 aromatic heterocycles. The molecule has 1 rings (SSSR count). The van der Waals surface area contributed by atoms with Crippen LogP contribution in [0.15, 0.2) is 18.2 Å². The van der Waals surface area contributed by atoms with Gasteiger partial charge < -0.3 is 4.90 Å². The van der Waals surface area contributed by atoms with Crippen LogP contribution in [0, 0.1) is 16.0 Å². The van der Waals surface area contributed by atoms with Crippen molar-refractivity contribution in [2.24, 2.45) is 5.92 Å². The molecule has 0 N–H and O–H groups in total. The summed E-state index contributed by atoms with van der Waals surface area (Å²) in [6, 6.07) is 4.58. The van der Waals surface area contributed by atoms with Gasteiger partial charge in [-0.2, -0.15) is 0 Å². The minimum absolute atomic E-state index is 0.0119. The van der Waals surface area contributed by atoms with Crippen molar-refractivity contribution in [3.63, 3.8) is 0 Å². The number of aldehydes is 1. The lowest BCUT2D eigenvalue weighted by molar-refractivity contribution is -0.384. The van der Waals surface area contributed by atoms with E-state index in [2.05, 4.69) is 13.8 Å². The van der Waals surface area contributed by atoms with Gasteiger partial charge in [-0.25, -0.2) is 0 Å². The molecular weight excluding hydrogens is 232 g/mol. The summed E-state index contributed by atoms with van der Waals surface area (Å²) in [6.07, 6.45) is 0.621. The van der Waals surface area contributed by atoms with E-state index < -0.39 is 4.92 Å². The lowest BCUT2D eigenvalue weighted by Crippen LogP contribution is -2.27. The highest BCUT2D eigenvalue weighted by Crippen LogP contribution is 2.29. The lowest BCUT2D eigenvalue weighted by atomic mass is 10.1. The van der Waals surface area contributed by atoms with Crippen LogP contribution >= 0.6 is 0 Å². The summed E-state index contributed by atoms with van der Waals surface area (Å²) in [5, 5.41) is 11.1. The second-order valence-corrected chi connectivity index (χ2v) is 4.56. The van der Waals surface area contributed by atoms with Gasteiger partial charge in [0.25, 0.3) is 5.69 Å². The highest BCUT2D eigenvalue weighted by atomic mass is 16.6. The molecule has 1 aromatic carbocycles. The van der Waals surface area contributed by atoms with Crippen molar-refractivity contribution < 1.29 is 9.72 Å². The smallest absolute Gasteiger partial charge is 0.293 e. The SMILES string of the molecule is CCN(CC(C)C)c1ccc(C=O)cc1[N+](=O)[O-]. The zero-order valence-corrected chi connectivity index (χ0v) is 10.9. The lowest BCUT2D eigenvalue weighted by Gasteiger charge is -2.24. The maximum atomic E-state index is 11.1. The molecule has 0 bridgehead atoms. The Labute approximate surface area is 107 Å². The molecule has 0 heterocycles. The standard InChI is InChI=1S/C13H18N2O3/c1-4-14(8-10(2)3)12-6-5-11(9-16)7-13(12)15(17)18/h5-7,9-10H,4,8H2,1-3H3. The van der Waals surface area contributed by atoms with Gasteiger partial charge in [-0.1, -0.05) is 13.8 Å². The Bertz CT molecular complexity index is 444. The molecule has 0 saturated carbocycles. The number of nitro groups is 1. The molecule has 0 radical (unpaired) electrons. The van der Waals surface area contributed by atoms with Crippen LogP contribution in [-0.4, -0.2) is 24.3 Å². The molecular formula is C13H18N2O3. The molecule has 0 atom stereocenters. The fourth-order valence-electron chi connectivity index (χ4n) is 1.87. The van der Waals surface area contributed by atoms with Crippen molar-refractivity contribution in [3.8, 4) is 0 Å². The van der Waals surface area contributed by atoms with Crippen LogP contribution in [0.5, 0.6) is 0 Å². The number of anilines is 1. The van der Waals surface area contributed by atoms with Gasteiger partial charge in [-0.05, 0) is 25.0 Å². The summed E-state index contributed by atoms with van der Waals surface area (Å²) >= 11 is 0. The summed E-state index contributed by atoms with van der Waals surface area (Å²) in [6.45, 7) is 7.53. The predicted octanol–water partition coefficient (Wildman–Crippen LogP) is 2.89. The van der Waals surface area contributed by atoms with Crippen LogP contribution in [-0.2, 0) is 0 Å². The molecule has 5 nitrogen and oxygen atoms in total. The van der Waals surface area contributed by atoms with E-state index >= 15 is 0 Å². The van der Waals surface area contributed by atoms with Gasteiger partial charge in [0, 0.05) is 24.7 Å². The summed E-state index contributed by atoms with van der Waals surface area (Å²) in [5.41, 5.74) is 0.884. The van der Waals surface area contributed by atoms with Crippen molar-refractivity contribution in [1.29, 1.82) is 0 Å². The normalized spacial score (nSPS) is 10.4. The van der Waals surface area contributed by atoms with E-state index in [0.29, 0.717) is 30.0 Å². The van der Waals surface area contributed by atoms with E-state index in [9.17, 15) is 14.9 Å². The molecule has 0 aliphatic carbocycles. The van der Waals surface area contributed by atoms with E-state index in [4.69, 9.17) is 0 Å². The van der Waals surface area contributed by atoms with Gasteiger partial charge in [0.15, 0.2) is 0 Å². The number of hydrogen-bond acceptors (Lipinski definition) is 4.